The lowest BCUT2D eigenvalue weighted by Crippen LogP contribution is -2.36. The minimum Gasteiger partial charge on any atom is -0.379 e. The SMILES string of the molecule is O=C(c1ccnnc1)N1CCOCC(Cc2nccn3cccc23)C1. The first-order valence-electron chi connectivity index (χ1n) is 8.35. The maximum atomic E-state index is 12.7. The number of ether oxygens (including phenoxy) is 1. The van der Waals surface area contributed by atoms with Crippen molar-refractivity contribution in [2.24, 2.45) is 5.92 Å². The Hall–Kier alpha value is -2.80. The van der Waals surface area contributed by atoms with Gasteiger partial charge in [-0.25, -0.2) is 0 Å². The van der Waals surface area contributed by atoms with Gasteiger partial charge in [-0.1, -0.05) is 0 Å². The summed E-state index contributed by atoms with van der Waals surface area (Å²) in [5.41, 5.74) is 2.69. The Labute approximate surface area is 145 Å². The molecule has 4 heterocycles. The molecule has 0 radical (unpaired) electrons. The van der Waals surface area contributed by atoms with Crippen molar-refractivity contribution in [3.63, 3.8) is 0 Å². The van der Waals surface area contributed by atoms with Gasteiger partial charge in [-0.2, -0.15) is 10.2 Å². The number of aromatic nitrogens is 4. The van der Waals surface area contributed by atoms with Crippen LogP contribution in [-0.2, 0) is 11.2 Å². The number of hydrogen-bond donors (Lipinski definition) is 0. The first kappa shape index (κ1) is 15.7. The van der Waals surface area contributed by atoms with Crippen LogP contribution in [0.2, 0.25) is 0 Å². The van der Waals surface area contributed by atoms with Gasteiger partial charge in [0.25, 0.3) is 5.91 Å². The topological polar surface area (TPSA) is 72.6 Å². The third-order valence-electron chi connectivity index (χ3n) is 4.47. The molecule has 0 aromatic carbocycles. The zero-order valence-electron chi connectivity index (χ0n) is 13.8. The Kier molecular flexibility index (Phi) is 4.39. The van der Waals surface area contributed by atoms with Crippen molar-refractivity contribution in [2.45, 2.75) is 6.42 Å². The van der Waals surface area contributed by atoms with Crippen LogP contribution in [0.1, 0.15) is 16.1 Å². The van der Waals surface area contributed by atoms with Crippen LogP contribution in [0.4, 0.5) is 0 Å². The molecule has 0 bridgehead atoms. The van der Waals surface area contributed by atoms with Gasteiger partial charge in [0.2, 0.25) is 0 Å². The molecule has 1 aliphatic heterocycles. The van der Waals surface area contributed by atoms with Crippen LogP contribution in [0.3, 0.4) is 0 Å². The summed E-state index contributed by atoms with van der Waals surface area (Å²) in [6.45, 7) is 2.40. The van der Waals surface area contributed by atoms with Crippen LogP contribution in [-0.4, -0.2) is 56.7 Å². The Morgan fingerprint density at radius 3 is 3.08 bits per heavy atom. The van der Waals surface area contributed by atoms with Crippen molar-refractivity contribution in [3.05, 3.63) is 60.4 Å². The fraction of sp³-hybridized carbons (Fsp3) is 0.333. The first-order valence-corrected chi connectivity index (χ1v) is 8.35. The van der Waals surface area contributed by atoms with Gasteiger partial charge >= 0.3 is 0 Å². The predicted octanol–water partition coefficient (Wildman–Crippen LogP) is 1.46. The maximum absolute atomic E-state index is 12.7. The molecular formula is C18H19N5O2. The normalized spacial score (nSPS) is 18.2. The van der Waals surface area contributed by atoms with Crippen LogP contribution in [0.5, 0.6) is 0 Å². The van der Waals surface area contributed by atoms with E-state index in [-0.39, 0.29) is 11.8 Å². The lowest BCUT2D eigenvalue weighted by atomic mass is 10.0. The molecule has 7 heteroatoms. The molecule has 0 N–H and O–H groups in total. The first-order chi connectivity index (χ1) is 12.3. The van der Waals surface area contributed by atoms with Gasteiger partial charge in [-0.15, -0.1) is 0 Å². The molecule has 25 heavy (non-hydrogen) atoms. The third kappa shape index (κ3) is 3.36. The molecule has 1 saturated heterocycles. The van der Waals surface area contributed by atoms with E-state index in [1.54, 1.807) is 6.07 Å². The molecule has 1 aliphatic rings. The largest absolute Gasteiger partial charge is 0.379 e. The summed E-state index contributed by atoms with van der Waals surface area (Å²) in [4.78, 5) is 19.1. The second kappa shape index (κ2) is 6.98. The highest BCUT2D eigenvalue weighted by Gasteiger charge is 2.24. The van der Waals surface area contributed by atoms with Crippen molar-refractivity contribution < 1.29 is 9.53 Å². The highest BCUT2D eigenvalue weighted by molar-refractivity contribution is 5.93. The fourth-order valence-corrected chi connectivity index (χ4v) is 3.25. The summed E-state index contributed by atoms with van der Waals surface area (Å²) in [6, 6.07) is 5.76. The van der Waals surface area contributed by atoms with E-state index in [1.165, 1.54) is 12.4 Å². The van der Waals surface area contributed by atoms with Gasteiger partial charge in [0, 0.05) is 37.6 Å². The lowest BCUT2D eigenvalue weighted by molar-refractivity contribution is 0.0736. The molecular weight excluding hydrogens is 318 g/mol. The fourth-order valence-electron chi connectivity index (χ4n) is 3.25. The molecule has 0 spiro atoms. The minimum absolute atomic E-state index is 0.0285. The Morgan fingerprint density at radius 1 is 1.24 bits per heavy atom. The van der Waals surface area contributed by atoms with E-state index in [9.17, 15) is 4.79 Å². The Morgan fingerprint density at radius 2 is 2.20 bits per heavy atom. The monoisotopic (exact) mass is 337 g/mol. The minimum atomic E-state index is -0.0285. The van der Waals surface area contributed by atoms with Crippen molar-refractivity contribution in [1.82, 2.24) is 24.5 Å². The van der Waals surface area contributed by atoms with E-state index in [0.29, 0.717) is 31.9 Å². The molecule has 128 valence electrons. The van der Waals surface area contributed by atoms with Crippen molar-refractivity contribution in [2.75, 3.05) is 26.3 Å². The lowest BCUT2D eigenvalue weighted by Gasteiger charge is -2.23. The number of rotatable bonds is 3. The summed E-state index contributed by atoms with van der Waals surface area (Å²) in [7, 11) is 0. The van der Waals surface area contributed by atoms with E-state index >= 15 is 0 Å². The molecule has 1 unspecified atom stereocenters. The zero-order chi connectivity index (χ0) is 17.1. The van der Waals surface area contributed by atoms with Crippen molar-refractivity contribution in [1.29, 1.82) is 0 Å². The highest BCUT2D eigenvalue weighted by Crippen LogP contribution is 2.18. The van der Waals surface area contributed by atoms with E-state index in [0.717, 1.165) is 17.6 Å². The van der Waals surface area contributed by atoms with Crippen LogP contribution >= 0.6 is 0 Å². The average Bonchev–Trinajstić information content (AvgIpc) is 3.02. The summed E-state index contributed by atoms with van der Waals surface area (Å²) >= 11 is 0. The van der Waals surface area contributed by atoms with Gasteiger partial charge in [-0.05, 0) is 24.6 Å². The number of amides is 1. The van der Waals surface area contributed by atoms with Crippen LogP contribution in [0, 0.1) is 5.92 Å². The number of fused-ring (bicyclic) bond motifs is 1. The summed E-state index contributed by atoms with van der Waals surface area (Å²) in [5.74, 6) is 0.175. The van der Waals surface area contributed by atoms with E-state index in [4.69, 9.17) is 4.74 Å². The highest BCUT2D eigenvalue weighted by atomic mass is 16.5. The quantitative estimate of drug-likeness (QED) is 0.723. The van der Waals surface area contributed by atoms with Crippen LogP contribution in [0.15, 0.2) is 49.2 Å². The predicted molar refractivity (Wildman–Crippen MR) is 91.1 cm³/mol. The number of nitrogens with zero attached hydrogens (tertiary/aromatic N) is 5. The standard InChI is InChI=1S/C18H19N5O2/c24-18(15-3-4-20-21-11-15)23-8-9-25-13-14(12-23)10-16-17-2-1-6-22(17)7-5-19-16/h1-7,11,14H,8-10,12-13H2. The molecule has 1 fully saturated rings. The van der Waals surface area contributed by atoms with E-state index in [2.05, 4.69) is 25.6 Å². The molecule has 3 aromatic rings. The molecule has 1 amide bonds. The smallest absolute Gasteiger partial charge is 0.255 e. The number of carbonyl (C=O) groups excluding carboxylic acids is 1. The third-order valence-corrected chi connectivity index (χ3v) is 4.47. The zero-order valence-corrected chi connectivity index (χ0v) is 13.8. The average molecular weight is 337 g/mol. The number of carbonyl (C=O) groups is 1. The van der Waals surface area contributed by atoms with Gasteiger partial charge < -0.3 is 14.0 Å². The summed E-state index contributed by atoms with van der Waals surface area (Å²) in [6.07, 6.45) is 9.57. The maximum Gasteiger partial charge on any atom is 0.255 e. The van der Waals surface area contributed by atoms with Gasteiger partial charge in [0.1, 0.15) is 0 Å². The van der Waals surface area contributed by atoms with Gasteiger partial charge in [0.05, 0.1) is 42.4 Å². The van der Waals surface area contributed by atoms with Gasteiger partial charge in [-0.3, -0.25) is 9.78 Å². The van der Waals surface area contributed by atoms with Gasteiger partial charge in [0.15, 0.2) is 0 Å². The van der Waals surface area contributed by atoms with Crippen molar-refractivity contribution >= 4 is 11.4 Å². The van der Waals surface area contributed by atoms with Crippen LogP contribution < -0.4 is 0 Å². The summed E-state index contributed by atoms with van der Waals surface area (Å²) in [5, 5.41) is 7.53. The van der Waals surface area contributed by atoms with Crippen LogP contribution in [0.25, 0.3) is 5.52 Å². The molecule has 3 aromatic heterocycles. The second-order valence-corrected chi connectivity index (χ2v) is 6.20. The van der Waals surface area contributed by atoms with E-state index in [1.807, 2.05) is 29.6 Å². The van der Waals surface area contributed by atoms with Crippen molar-refractivity contribution in [3.8, 4) is 0 Å². The second-order valence-electron chi connectivity index (χ2n) is 6.20. The molecule has 0 saturated carbocycles. The summed E-state index contributed by atoms with van der Waals surface area (Å²) < 4.78 is 7.79. The van der Waals surface area contributed by atoms with E-state index < -0.39 is 0 Å². The molecule has 0 aliphatic carbocycles. The number of hydrogen-bond acceptors (Lipinski definition) is 5. The molecule has 1 atom stereocenters. The molecule has 4 rings (SSSR count). The molecule has 7 nitrogen and oxygen atoms in total. The Balaban J connectivity index is 1.52. The Bertz CT molecular complexity index is 864.